The van der Waals surface area contributed by atoms with Crippen LogP contribution in [-0.2, 0) is 11.3 Å². The van der Waals surface area contributed by atoms with Gasteiger partial charge in [0.2, 0.25) is 0 Å². The molecule has 1 amide bonds. The van der Waals surface area contributed by atoms with Crippen LogP contribution in [0.1, 0.15) is 5.56 Å². The zero-order chi connectivity index (χ0) is 22.4. The number of carbonyl (C=O) groups excluding carboxylic acids is 1. The Morgan fingerprint density at radius 2 is 1.61 bits per heavy atom. The predicted molar refractivity (Wildman–Crippen MR) is 127 cm³/mol. The van der Waals surface area contributed by atoms with E-state index in [1.165, 1.54) is 7.11 Å². The van der Waals surface area contributed by atoms with Crippen LogP contribution in [0.2, 0.25) is 20.1 Å². The van der Waals surface area contributed by atoms with Crippen LogP contribution in [0.25, 0.3) is 0 Å². The number of carbonyl (C=O) groups is 1. The standard InChI is InChI=1S/C22H18Cl4N2O3/c1-30-20-9-13(11-27-19-7-4-15(24)10-17(19)25)8-18(26)22(20)31-12-21(29)28-16-5-2-14(23)3-6-16/h2-10,27H,11-12H2,1H3,(H,28,29). The summed E-state index contributed by atoms with van der Waals surface area (Å²) in [7, 11) is 1.50. The maximum absolute atomic E-state index is 12.2. The number of hydrogen-bond acceptors (Lipinski definition) is 4. The fraction of sp³-hybridized carbons (Fsp3) is 0.136. The highest BCUT2D eigenvalue weighted by molar-refractivity contribution is 6.36. The van der Waals surface area contributed by atoms with E-state index in [1.54, 1.807) is 54.6 Å². The van der Waals surface area contributed by atoms with E-state index < -0.39 is 0 Å². The van der Waals surface area contributed by atoms with E-state index >= 15 is 0 Å². The van der Waals surface area contributed by atoms with Gasteiger partial charge in [0.25, 0.3) is 5.91 Å². The molecule has 31 heavy (non-hydrogen) atoms. The van der Waals surface area contributed by atoms with E-state index in [0.717, 1.165) is 11.3 Å². The molecule has 9 heteroatoms. The average Bonchev–Trinajstić information content (AvgIpc) is 2.73. The van der Waals surface area contributed by atoms with Crippen LogP contribution in [0.15, 0.2) is 54.6 Å². The number of ether oxygens (including phenoxy) is 2. The minimum absolute atomic E-state index is 0.239. The van der Waals surface area contributed by atoms with Crippen LogP contribution in [0.4, 0.5) is 11.4 Å². The summed E-state index contributed by atoms with van der Waals surface area (Å²) in [5.41, 5.74) is 2.18. The van der Waals surface area contributed by atoms with Crippen molar-refractivity contribution in [1.29, 1.82) is 0 Å². The Balaban J connectivity index is 1.64. The quantitative estimate of drug-likeness (QED) is 0.352. The van der Waals surface area contributed by atoms with E-state index in [4.69, 9.17) is 55.9 Å². The third-order valence-electron chi connectivity index (χ3n) is 4.18. The Labute approximate surface area is 200 Å². The molecule has 0 radical (unpaired) electrons. The van der Waals surface area contributed by atoms with Gasteiger partial charge in [-0.05, 0) is 60.2 Å². The van der Waals surface area contributed by atoms with Gasteiger partial charge in [0, 0.05) is 22.3 Å². The Morgan fingerprint density at radius 1 is 0.903 bits per heavy atom. The third-order valence-corrected chi connectivity index (χ3v) is 5.26. The van der Waals surface area contributed by atoms with E-state index in [2.05, 4.69) is 10.6 Å². The SMILES string of the molecule is COc1cc(CNc2ccc(Cl)cc2Cl)cc(Cl)c1OCC(=O)Nc1ccc(Cl)cc1. The summed E-state index contributed by atoms with van der Waals surface area (Å²) in [6, 6.07) is 15.5. The highest BCUT2D eigenvalue weighted by Gasteiger charge is 2.14. The van der Waals surface area contributed by atoms with Crippen LogP contribution in [-0.4, -0.2) is 19.6 Å². The molecule has 0 aromatic heterocycles. The number of methoxy groups -OCH3 is 1. The summed E-state index contributed by atoms with van der Waals surface area (Å²) in [5, 5.41) is 7.90. The van der Waals surface area contributed by atoms with Crippen LogP contribution < -0.4 is 20.1 Å². The van der Waals surface area contributed by atoms with Gasteiger partial charge in [0.05, 0.1) is 22.8 Å². The fourth-order valence-electron chi connectivity index (χ4n) is 2.71. The number of benzene rings is 3. The molecule has 0 unspecified atom stereocenters. The number of halogens is 4. The van der Waals surface area contributed by atoms with Gasteiger partial charge in [-0.1, -0.05) is 46.4 Å². The number of nitrogens with one attached hydrogen (secondary N) is 2. The van der Waals surface area contributed by atoms with Crippen molar-refractivity contribution in [3.05, 3.63) is 80.3 Å². The average molecular weight is 500 g/mol. The first-order valence-electron chi connectivity index (χ1n) is 9.09. The normalized spacial score (nSPS) is 10.5. The molecule has 0 saturated heterocycles. The van der Waals surface area contributed by atoms with Crippen molar-refractivity contribution in [3.63, 3.8) is 0 Å². The first-order chi connectivity index (χ1) is 14.9. The molecule has 0 atom stereocenters. The Morgan fingerprint density at radius 3 is 2.29 bits per heavy atom. The maximum Gasteiger partial charge on any atom is 0.262 e. The molecular formula is C22H18Cl4N2O3. The van der Waals surface area contributed by atoms with Gasteiger partial charge < -0.3 is 20.1 Å². The lowest BCUT2D eigenvalue weighted by atomic mass is 10.2. The van der Waals surface area contributed by atoms with E-state index in [0.29, 0.717) is 38.1 Å². The van der Waals surface area contributed by atoms with Gasteiger partial charge in [-0.2, -0.15) is 0 Å². The second kappa shape index (κ2) is 10.8. The molecule has 3 aromatic rings. The number of rotatable bonds is 8. The molecule has 0 heterocycles. The maximum atomic E-state index is 12.2. The second-order valence-corrected chi connectivity index (χ2v) is 8.12. The highest BCUT2D eigenvalue weighted by atomic mass is 35.5. The minimum atomic E-state index is -0.344. The summed E-state index contributed by atoms with van der Waals surface area (Å²) in [6.45, 7) is 0.200. The van der Waals surface area contributed by atoms with Crippen LogP contribution in [0.3, 0.4) is 0 Å². The molecule has 0 saturated carbocycles. The lowest BCUT2D eigenvalue weighted by molar-refractivity contribution is -0.118. The van der Waals surface area contributed by atoms with Crippen LogP contribution >= 0.6 is 46.4 Å². The summed E-state index contributed by atoms with van der Waals surface area (Å²) >= 11 is 24.3. The fourth-order valence-corrected chi connectivity index (χ4v) is 3.60. The van der Waals surface area contributed by atoms with Crippen molar-refractivity contribution < 1.29 is 14.3 Å². The molecule has 3 rings (SSSR count). The summed E-state index contributed by atoms with van der Waals surface area (Å²) in [6.07, 6.45) is 0. The zero-order valence-corrected chi connectivity index (χ0v) is 19.4. The van der Waals surface area contributed by atoms with E-state index in [-0.39, 0.29) is 18.3 Å². The van der Waals surface area contributed by atoms with E-state index in [1.807, 2.05) is 0 Å². The van der Waals surface area contributed by atoms with Gasteiger partial charge in [-0.15, -0.1) is 0 Å². The number of anilines is 2. The summed E-state index contributed by atoms with van der Waals surface area (Å²) in [4.78, 5) is 12.2. The molecule has 0 spiro atoms. The molecule has 0 aliphatic heterocycles. The molecule has 3 aromatic carbocycles. The zero-order valence-electron chi connectivity index (χ0n) is 16.3. The largest absolute Gasteiger partial charge is 0.493 e. The smallest absolute Gasteiger partial charge is 0.262 e. The Bertz CT molecular complexity index is 1080. The number of hydrogen-bond donors (Lipinski definition) is 2. The van der Waals surface area contributed by atoms with Crippen LogP contribution in [0.5, 0.6) is 11.5 Å². The monoisotopic (exact) mass is 498 g/mol. The van der Waals surface area contributed by atoms with Crippen molar-refractivity contribution in [1.82, 2.24) is 0 Å². The topological polar surface area (TPSA) is 59.6 Å². The molecule has 0 fully saturated rings. The van der Waals surface area contributed by atoms with Crippen molar-refractivity contribution in [2.75, 3.05) is 24.4 Å². The van der Waals surface area contributed by atoms with Gasteiger partial charge in [0.1, 0.15) is 0 Å². The van der Waals surface area contributed by atoms with Crippen molar-refractivity contribution in [2.24, 2.45) is 0 Å². The lowest BCUT2D eigenvalue weighted by Crippen LogP contribution is -2.20. The van der Waals surface area contributed by atoms with Gasteiger partial charge in [0.15, 0.2) is 18.1 Å². The van der Waals surface area contributed by atoms with Gasteiger partial charge in [-0.25, -0.2) is 0 Å². The number of amides is 1. The van der Waals surface area contributed by atoms with Crippen molar-refractivity contribution >= 4 is 63.7 Å². The highest BCUT2D eigenvalue weighted by Crippen LogP contribution is 2.37. The molecular weight excluding hydrogens is 482 g/mol. The molecule has 2 N–H and O–H groups in total. The van der Waals surface area contributed by atoms with Gasteiger partial charge >= 0.3 is 0 Å². The molecule has 162 valence electrons. The molecule has 0 aliphatic carbocycles. The molecule has 5 nitrogen and oxygen atoms in total. The summed E-state index contributed by atoms with van der Waals surface area (Å²) < 4.78 is 11.0. The Hall–Kier alpha value is -2.31. The van der Waals surface area contributed by atoms with Crippen molar-refractivity contribution in [3.8, 4) is 11.5 Å². The minimum Gasteiger partial charge on any atom is -0.493 e. The molecule has 0 bridgehead atoms. The van der Waals surface area contributed by atoms with E-state index in [9.17, 15) is 4.79 Å². The second-order valence-electron chi connectivity index (χ2n) is 6.43. The first-order valence-corrected chi connectivity index (χ1v) is 10.6. The predicted octanol–water partition coefficient (Wildman–Crippen LogP) is 6.94. The lowest BCUT2D eigenvalue weighted by Gasteiger charge is -2.15. The Kier molecular flexibility index (Phi) is 8.15. The third kappa shape index (κ3) is 6.58. The molecule has 0 aliphatic rings. The van der Waals surface area contributed by atoms with Crippen molar-refractivity contribution in [2.45, 2.75) is 6.54 Å². The van der Waals surface area contributed by atoms with Gasteiger partial charge in [-0.3, -0.25) is 4.79 Å². The summed E-state index contributed by atoms with van der Waals surface area (Å²) in [5.74, 6) is 0.345. The first kappa shape index (κ1) is 23.4. The van der Waals surface area contributed by atoms with Crippen LogP contribution in [0, 0.1) is 0 Å².